The van der Waals surface area contributed by atoms with Crippen molar-refractivity contribution in [1.82, 2.24) is 4.57 Å². The fraction of sp³-hybridized carbons (Fsp3) is 0. The normalized spacial score (nSPS) is 11.3. The van der Waals surface area contributed by atoms with Crippen LogP contribution in [0.5, 0.6) is 0 Å². The summed E-state index contributed by atoms with van der Waals surface area (Å²) >= 11 is 0. The molecule has 2 heteroatoms. The molecule has 0 atom stereocenters. The number of hydrogen-bond acceptors (Lipinski definition) is 1. The fourth-order valence-corrected chi connectivity index (χ4v) is 8.01. The summed E-state index contributed by atoms with van der Waals surface area (Å²) in [6, 6.07) is 78.8. The molecule has 1 heterocycles. The molecule has 0 spiro atoms. The van der Waals surface area contributed by atoms with Gasteiger partial charge in [-0.25, -0.2) is 0 Å². The Morgan fingerprint density at radius 3 is 1.54 bits per heavy atom. The lowest BCUT2D eigenvalue weighted by atomic mass is 9.98. The molecule has 0 amide bonds. The van der Waals surface area contributed by atoms with E-state index in [1.807, 2.05) is 0 Å². The smallest absolute Gasteiger partial charge is 0.0541 e. The summed E-state index contributed by atoms with van der Waals surface area (Å²) in [6.07, 6.45) is 0. The number of hydrogen-bond donors (Lipinski definition) is 0. The van der Waals surface area contributed by atoms with E-state index >= 15 is 0 Å². The van der Waals surface area contributed by atoms with E-state index in [0.717, 1.165) is 17.1 Å². The molecule has 0 fully saturated rings. The monoisotopic (exact) mass is 688 g/mol. The van der Waals surface area contributed by atoms with E-state index in [1.54, 1.807) is 0 Å². The van der Waals surface area contributed by atoms with Crippen LogP contribution in [-0.4, -0.2) is 4.57 Å². The number of fused-ring (bicyclic) bond motifs is 4. The van der Waals surface area contributed by atoms with Gasteiger partial charge in [0.1, 0.15) is 0 Å². The van der Waals surface area contributed by atoms with Crippen LogP contribution in [0.15, 0.2) is 218 Å². The van der Waals surface area contributed by atoms with E-state index in [0.29, 0.717) is 0 Å². The van der Waals surface area contributed by atoms with Crippen molar-refractivity contribution in [3.63, 3.8) is 0 Å². The van der Waals surface area contributed by atoms with Crippen molar-refractivity contribution in [3.05, 3.63) is 218 Å². The zero-order valence-electron chi connectivity index (χ0n) is 29.7. The lowest BCUT2D eigenvalue weighted by molar-refractivity contribution is 1.18. The van der Waals surface area contributed by atoms with Gasteiger partial charge in [0.15, 0.2) is 0 Å². The molecule has 0 unspecified atom stereocenters. The minimum atomic E-state index is 1.11. The summed E-state index contributed by atoms with van der Waals surface area (Å²) < 4.78 is 2.41. The molecule has 10 rings (SSSR count). The maximum atomic E-state index is 2.41. The van der Waals surface area contributed by atoms with E-state index in [-0.39, 0.29) is 0 Å². The number of rotatable bonds is 7. The Balaban J connectivity index is 1.03. The summed E-state index contributed by atoms with van der Waals surface area (Å²) in [7, 11) is 0. The Morgan fingerprint density at radius 1 is 0.315 bits per heavy atom. The molecule has 254 valence electrons. The van der Waals surface area contributed by atoms with Crippen LogP contribution < -0.4 is 4.90 Å². The Labute approximate surface area is 315 Å². The maximum absolute atomic E-state index is 2.41. The number of anilines is 3. The van der Waals surface area contributed by atoms with Gasteiger partial charge in [-0.1, -0.05) is 170 Å². The Hall–Kier alpha value is -7.16. The molecule has 0 saturated carbocycles. The minimum absolute atomic E-state index is 1.11. The molecule has 0 aliphatic heterocycles. The van der Waals surface area contributed by atoms with Gasteiger partial charge in [-0.05, 0) is 81.6 Å². The van der Waals surface area contributed by atoms with Crippen molar-refractivity contribution in [2.24, 2.45) is 0 Å². The van der Waals surface area contributed by atoms with Gasteiger partial charge in [-0.3, -0.25) is 0 Å². The molecule has 0 saturated heterocycles. The van der Waals surface area contributed by atoms with Crippen molar-refractivity contribution >= 4 is 49.6 Å². The van der Waals surface area contributed by atoms with Crippen LogP contribution >= 0.6 is 0 Å². The Bertz CT molecular complexity index is 2870. The van der Waals surface area contributed by atoms with Crippen LogP contribution in [0.1, 0.15) is 0 Å². The molecular formula is C52H36N2. The summed E-state index contributed by atoms with van der Waals surface area (Å²) in [5.41, 5.74) is 14.1. The fourth-order valence-electron chi connectivity index (χ4n) is 8.01. The molecule has 0 radical (unpaired) electrons. The first-order chi connectivity index (χ1) is 26.8. The molecule has 2 nitrogen and oxygen atoms in total. The first-order valence-corrected chi connectivity index (χ1v) is 18.5. The first-order valence-electron chi connectivity index (χ1n) is 18.5. The number of benzene rings is 9. The largest absolute Gasteiger partial charge is 0.310 e. The zero-order valence-corrected chi connectivity index (χ0v) is 29.7. The van der Waals surface area contributed by atoms with Crippen LogP contribution in [0.25, 0.3) is 71.6 Å². The second-order valence-corrected chi connectivity index (χ2v) is 13.8. The third kappa shape index (κ3) is 5.53. The van der Waals surface area contributed by atoms with Crippen molar-refractivity contribution in [1.29, 1.82) is 0 Å². The predicted molar refractivity (Wildman–Crippen MR) is 229 cm³/mol. The average Bonchev–Trinajstić information content (AvgIpc) is 3.59. The Kier molecular flexibility index (Phi) is 7.85. The van der Waals surface area contributed by atoms with Gasteiger partial charge in [0.05, 0.1) is 22.4 Å². The second-order valence-electron chi connectivity index (χ2n) is 13.8. The van der Waals surface area contributed by atoms with E-state index in [2.05, 4.69) is 228 Å². The maximum Gasteiger partial charge on any atom is 0.0541 e. The second kappa shape index (κ2) is 13.4. The zero-order chi connectivity index (χ0) is 35.8. The average molecular weight is 689 g/mol. The van der Waals surface area contributed by atoms with Gasteiger partial charge in [0.2, 0.25) is 0 Å². The summed E-state index contributed by atoms with van der Waals surface area (Å²) in [6.45, 7) is 0. The molecule has 9 aromatic carbocycles. The third-order valence-electron chi connectivity index (χ3n) is 10.6. The summed E-state index contributed by atoms with van der Waals surface area (Å²) in [5.74, 6) is 0. The van der Waals surface area contributed by atoms with Crippen molar-refractivity contribution in [3.8, 4) is 39.1 Å². The molecule has 0 aliphatic rings. The SMILES string of the molecule is c1ccc(-c2ccccc2N(c2ccc(-c3ccc(-c4ccccc4-n4c5ccccc5c5ccccc54)cc3)cc2)c2ccc3ccccc3c2)cc1. The van der Waals surface area contributed by atoms with Gasteiger partial charge in [0, 0.05) is 33.3 Å². The summed E-state index contributed by atoms with van der Waals surface area (Å²) in [5, 5.41) is 4.98. The van der Waals surface area contributed by atoms with Crippen LogP contribution in [0.4, 0.5) is 17.1 Å². The van der Waals surface area contributed by atoms with E-state index in [1.165, 1.54) is 71.6 Å². The molecule has 1 aromatic heterocycles. The molecule has 0 aliphatic carbocycles. The van der Waals surface area contributed by atoms with E-state index < -0.39 is 0 Å². The molecule has 54 heavy (non-hydrogen) atoms. The van der Waals surface area contributed by atoms with Gasteiger partial charge in [-0.2, -0.15) is 0 Å². The number of aromatic nitrogens is 1. The van der Waals surface area contributed by atoms with E-state index in [9.17, 15) is 0 Å². The van der Waals surface area contributed by atoms with Crippen molar-refractivity contribution in [2.75, 3.05) is 4.90 Å². The summed E-state index contributed by atoms with van der Waals surface area (Å²) in [4.78, 5) is 2.38. The van der Waals surface area contributed by atoms with Crippen LogP contribution in [0.2, 0.25) is 0 Å². The standard InChI is InChI=1S/C52H36N2/c1-2-15-40(16-3-1)45-18-6-10-22-49(45)53(44-35-32-37-14-4-5-17-42(37)36-44)43-33-30-39(31-34-43)38-26-28-41(29-27-38)46-19-7-11-23-50(46)54-51-24-12-8-20-47(51)48-21-9-13-25-52(48)54/h1-36H. The topological polar surface area (TPSA) is 8.17 Å². The van der Waals surface area contributed by atoms with Gasteiger partial charge in [-0.15, -0.1) is 0 Å². The quantitative estimate of drug-likeness (QED) is 0.162. The molecule has 0 bridgehead atoms. The highest BCUT2D eigenvalue weighted by Crippen LogP contribution is 2.42. The lowest BCUT2D eigenvalue weighted by Gasteiger charge is -2.28. The highest BCUT2D eigenvalue weighted by Gasteiger charge is 2.18. The third-order valence-corrected chi connectivity index (χ3v) is 10.6. The van der Waals surface area contributed by atoms with Crippen molar-refractivity contribution in [2.45, 2.75) is 0 Å². The molecular weight excluding hydrogens is 653 g/mol. The number of para-hydroxylation sites is 4. The highest BCUT2D eigenvalue weighted by atomic mass is 15.1. The highest BCUT2D eigenvalue weighted by molar-refractivity contribution is 6.09. The van der Waals surface area contributed by atoms with Crippen LogP contribution in [-0.2, 0) is 0 Å². The minimum Gasteiger partial charge on any atom is -0.310 e. The first kappa shape index (κ1) is 31.6. The number of nitrogens with zero attached hydrogens (tertiary/aromatic N) is 2. The van der Waals surface area contributed by atoms with Crippen LogP contribution in [0.3, 0.4) is 0 Å². The van der Waals surface area contributed by atoms with Crippen LogP contribution in [0, 0.1) is 0 Å². The van der Waals surface area contributed by atoms with E-state index in [4.69, 9.17) is 0 Å². The Morgan fingerprint density at radius 2 is 0.815 bits per heavy atom. The van der Waals surface area contributed by atoms with Gasteiger partial charge < -0.3 is 9.47 Å². The molecule has 10 aromatic rings. The predicted octanol–water partition coefficient (Wildman–Crippen LogP) is 14.4. The van der Waals surface area contributed by atoms with Crippen molar-refractivity contribution < 1.29 is 0 Å². The lowest BCUT2D eigenvalue weighted by Crippen LogP contribution is -2.11. The van der Waals surface area contributed by atoms with Gasteiger partial charge in [0.25, 0.3) is 0 Å². The molecule has 0 N–H and O–H groups in total. The van der Waals surface area contributed by atoms with Gasteiger partial charge >= 0.3 is 0 Å².